The molecule has 0 radical (unpaired) electrons. The molecule has 2 heterocycles. The summed E-state index contributed by atoms with van der Waals surface area (Å²) in [7, 11) is 0. The Labute approximate surface area is 143 Å². The van der Waals surface area contributed by atoms with Gasteiger partial charge in [0, 0.05) is 0 Å². The topological polar surface area (TPSA) is 51.6 Å². The van der Waals surface area contributed by atoms with E-state index >= 15 is 0 Å². The number of aromatic nitrogens is 1. The first-order valence-electron chi connectivity index (χ1n) is 7.78. The fraction of sp³-hybridized carbons (Fsp3) is 0.389. The molecular formula is C18H21NO3Se. The van der Waals surface area contributed by atoms with Crippen molar-refractivity contribution in [2.75, 3.05) is 6.61 Å². The molecule has 5 heteroatoms. The summed E-state index contributed by atoms with van der Waals surface area (Å²) < 4.78 is 13.5. The van der Waals surface area contributed by atoms with Crippen molar-refractivity contribution in [3.8, 4) is 5.75 Å². The zero-order valence-corrected chi connectivity index (χ0v) is 14.9. The molecule has 1 aromatic heterocycles. The van der Waals surface area contributed by atoms with E-state index in [1.54, 1.807) is 6.20 Å². The molecule has 0 spiro atoms. The summed E-state index contributed by atoms with van der Waals surface area (Å²) in [4.78, 5) is 4.29. The van der Waals surface area contributed by atoms with Crippen LogP contribution in [0.25, 0.3) is 0 Å². The second-order valence-electron chi connectivity index (χ2n) is 5.53. The molecule has 1 unspecified atom stereocenters. The summed E-state index contributed by atoms with van der Waals surface area (Å²) in [5, 5.41) is 10.6. The number of ether oxygens (including phenoxy) is 2. The Bertz CT molecular complexity index is 648. The number of hydrogen-bond acceptors (Lipinski definition) is 4. The van der Waals surface area contributed by atoms with E-state index in [4.69, 9.17) is 9.47 Å². The van der Waals surface area contributed by atoms with Gasteiger partial charge in [0.25, 0.3) is 0 Å². The van der Waals surface area contributed by atoms with Crippen LogP contribution in [-0.2, 0) is 18.0 Å². The Morgan fingerprint density at radius 1 is 1.30 bits per heavy atom. The first-order valence-corrected chi connectivity index (χ1v) is 9.85. The van der Waals surface area contributed by atoms with Crippen molar-refractivity contribution in [1.29, 1.82) is 0 Å². The van der Waals surface area contributed by atoms with Gasteiger partial charge in [-0.05, 0) is 0 Å². The van der Waals surface area contributed by atoms with Crippen molar-refractivity contribution >= 4 is 19.4 Å². The third-order valence-corrected chi connectivity index (χ3v) is 6.30. The first-order chi connectivity index (χ1) is 11.3. The van der Waals surface area contributed by atoms with Gasteiger partial charge >= 0.3 is 143 Å². The number of aliphatic hydroxyl groups is 1. The summed E-state index contributed by atoms with van der Waals surface area (Å²) >= 11 is 0.405. The number of aliphatic hydroxyl groups excluding tert-OH is 1. The molecule has 1 aromatic carbocycles. The van der Waals surface area contributed by atoms with Crippen LogP contribution in [0.3, 0.4) is 0 Å². The van der Waals surface area contributed by atoms with Crippen LogP contribution in [-0.4, -0.2) is 37.8 Å². The Morgan fingerprint density at radius 3 is 2.91 bits per heavy atom. The van der Waals surface area contributed by atoms with Crippen molar-refractivity contribution < 1.29 is 14.6 Å². The van der Waals surface area contributed by atoms with Crippen molar-refractivity contribution in [1.82, 2.24) is 4.98 Å². The second-order valence-corrected chi connectivity index (χ2v) is 7.82. The minimum atomic E-state index is -0.0407. The van der Waals surface area contributed by atoms with Crippen molar-refractivity contribution in [2.24, 2.45) is 0 Å². The van der Waals surface area contributed by atoms with Gasteiger partial charge in [-0.25, -0.2) is 0 Å². The van der Waals surface area contributed by atoms with Crippen molar-refractivity contribution in [2.45, 2.75) is 38.0 Å². The van der Waals surface area contributed by atoms with E-state index in [-0.39, 0.29) is 12.7 Å². The van der Waals surface area contributed by atoms with Crippen LogP contribution in [0.5, 0.6) is 5.75 Å². The monoisotopic (exact) mass is 379 g/mol. The predicted octanol–water partition coefficient (Wildman–Crippen LogP) is 2.00. The SMILES string of the molecule is Cc1ncc(CO)c2c1OCCC(C[Se]c1ccccc1)OC2. The third-order valence-electron chi connectivity index (χ3n) is 3.90. The normalized spacial score (nSPS) is 17.7. The maximum absolute atomic E-state index is 9.52. The number of aryl methyl sites for hydroxylation is 1. The predicted molar refractivity (Wildman–Crippen MR) is 90.2 cm³/mol. The van der Waals surface area contributed by atoms with E-state index in [0.717, 1.165) is 34.3 Å². The number of benzene rings is 1. The number of rotatable bonds is 4. The molecule has 0 fully saturated rings. The van der Waals surface area contributed by atoms with Crippen LogP contribution in [0, 0.1) is 6.92 Å². The third kappa shape index (κ3) is 4.12. The van der Waals surface area contributed by atoms with Gasteiger partial charge in [0.05, 0.1) is 0 Å². The first kappa shape index (κ1) is 16.5. The van der Waals surface area contributed by atoms with E-state index in [1.165, 1.54) is 4.46 Å². The quantitative estimate of drug-likeness (QED) is 0.827. The van der Waals surface area contributed by atoms with Gasteiger partial charge in [0.2, 0.25) is 0 Å². The van der Waals surface area contributed by atoms with Crippen LogP contribution in [0.4, 0.5) is 0 Å². The van der Waals surface area contributed by atoms with Crippen LogP contribution < -0.4 is 9.20 Å². The molecule has 0 saturated heterocycles. The van der Waals surface area contributed by atoms with Gasteiger partial charge in [0.15, 0.2) is 0 Å². The number of nitrogens with zero attached hydrogens (tertiary/aromatic N) is 1. The minimum absolute atomic E-state index is 0.0407. The summed E-state index contributed by atoms with van der Waals surface area (Å²) in [6, 6.07) is 10.6. The van der Waals surface area contributed by atoms with Crippen molar-refractivity contribution in [3.05, 3.63) is 53.3 Å². The molecule has 3 rings (SSSR count). The molecule has 1 aliphatic rings. The molecule has 2 aromatic rings. The van der Waals surface area contributed by atoms with Gasteiger partial charge in [-0.15, -0.1) is 0 Å². The maximum atomic E-state index is 9.52. The second kappa shape index (κ2) is 7.93. The number of hydrogen-bond donors (Lipinski definition) is 1. The molecule has 0 amide bonds. The van der Waals surface area contributed by atoms with Gasteiger partial charge in [-0.1, -0.05) is 0 Å². The van der Waals surface area contributed by atoms with Crippen molar-refractivity contribution in [3.63, 3.8) is 0 Å². The molecule has 0 aliphatic carbocycles. The molecule has 23 heavy (non-hydrogen) atoms. The average molecular weight is 378 g/mol. The van der Waals surface area contributed by atoms with Crippen LogP contribution in [0.15, 0.2) is 36.5 Å². The Balaban J connectivity index is 1.67. The number of pyridine rings is 1. The molecule has 1 aliphatic heterocycles. The zero-order chi connectivity index (χ0) is 16.1. The van der Waals surface area contributed by atoms with Gasteiger partial charge in [0.1, 0.15) is 0 Å². The molecule has 122 valence electrons. The van der Waals surface area contributed by atoms with E-state index in [0.29, 0.717) is 28.2 Å². The summed E-state index contributed by atoms with van der Waals surface area (Å²) in [5.74, 6) is 0.781. The van der Waals surface area contributed by atoms with Gasteiger partial charge in [-0.2, -0.15) is 0 Å². The van der Waals surface area contributed by atoms with Crippen LogP contribution in [0.1, 0.15) is 23.2 Å². The van der Waals surface area contributed by atoms with E-state index in [1.807, 2.05) is 13.0 Å². The summed E-state index contributed by atoms with van der Waals surface area (Å²) in [6.07, 6.45) is 2.80. The van der Waals surface area contributed by atoms with E-state index in [9.17, 15) is 5.11 Å². The zero-order valence-electron chi connectivity index (χ0n) is 13.2. The van der Waals surface area contributed by atoms with Crippen LogP contribution in [0.2, 0.25) is 5.32 Å². The molecule has 4 nitrogen and oxygen atoms in total. The molecule has 0 saturated carbocycles. The molecular weight excluding hydrogens is 357 g/mol. The standard InChI is InChI=1S/C18H21NO3Se/c1-13-18-17(14(10-20)9-19-13)11-22-15(7-8-21-18)12-23-16-5-3-2-4-6-16/h2-6,9,15,20H,7-8,10-12H2,1H3. The Morgan fingerprint density at radius 2 is 2.13 bits per heavy atom. The Kier molecular flexibility index (Phi) is 5.68. The average Bonchev–Trinajstić information content (AvgIpc) is 2.56. The molecule has 1 N–H and O–H groups in total. The summed E-state index contributed by atoms with van der Waals surface area (Å²) in [5.41, 5.74) is 2.59. The molecule has 0 bridgehead atoms. The van der Waals surface area contributed by atoms with E-state index < -0.39 is 0 Å². The van der Waals surface area contributed by atoms with Gasteiger partial charge < -0.3 is 0 Å². The summed E-state index contributed by atoms with van der Waals surface area (Å²) in [6.45, 7) is 2.99. The fourth-order valence-electron chi connectivity index (χ4n) is 2.58. The molecule has 1 atom stereocenters. The fourth-order valence-corrected chi connectivity index (χ4v) is 4.65. The van der Waals surface area contributed by atoms with Crippen LogP contribution >= 0.6 is 0 Å². The number of fused-ring (bicyclic) bond motifs is 1. The Hall–Kier alpha value is -1.39. The van der Waals surface area contributed by atoms with Gasteiger partial charge in [-0.3, -0.25) is 0 Å². The van der Waals surface area contributed by atoms with E-state index in [2.05, 4.69) is 29.2 Å².